The number of carbonyl (C=O) groups excluding carboxylic acids is 1. The first kappa shape index (κ1) is 17.8. The second kappa shape index (κ2) is 7.89. The molecule has 0 radical (unpaired) electrons. The highest BCUT2D eigenvalue weighted by molar-refractivity contribution is 7.85. The molecule has 1 amide bonds. The Balaban J connectivity index is 1.67. The molecule has 2 aromatic carbocycles. The second-order valence-electron chi connectivity index (χ2n) is 5.62. The average Bonchev–Trinajstić information content (AvgIpc) is 2.62. The number of halogens is 1. The molecular weight excluding hydrogens is 362 g/mol. The Kier molecular flexibility index (Phi) is 5.60. The van der Waals surface area contributed by atoms with Crippen LogP contribution < -0.4 is 14.8 Å². The number of nitrogens with one attached hydrogen (secondary N) is 1. The fourth-order valence-corrected chi connectivity index (χ4v) is 3.75. The molecule has 25 heavy (non-hydrogen) atoms. The first-order chi connectivity index (χ1) is 12.0. The van der Waals surface area contributed by atoms with E-state index >= 15 is 0 Å². The summed E-state index contributed by atoms with van der Waals surface area (Å²) in [5.41, 5.74) is 1.42. The molecule has 1 heterocycles. The summed E-state index contributed by atoms with van der Waals surface area (Å²) < 4.78 is 23.6. The molecule has 2 aromatic rings. The SMILES string of the molecule is C[C@@H](C(=O)Nc1ccccc1)[S@@](=O)Cc1cc(Cl)c2c(c1)OCCO2. The van der Waals surface area contributed by atoms with Gasteiger partial charge < -0.3 is 14.8 Å². The Morgan fingerprint density at radius 2 is 1.96 bits per heavy atom. The Labute approximate surface area is 153 Å². The number of hydrogen-bond donors (Lipinski definition) is 1. The summed E-state index contributed by atoms with van der Waals surface area (Å²) in [4.78, 5) is 12.3. The standard InChI is InChI=1S/C18H18ClNO4S/c1-12(18(21)20-14-5-3-2-4-6-14)25(22)11-13-9-15(19)17-16(10-13)23-7-8-24-17/h2-6,9-10,12H,7-8,11H2,1H3,(H,20,21)/t12-,25-/m0/s1. The number of fused-ring (bicyclic) bond motifs is 1. The highest BCUT2D eigenvalue weighted by atomic mass is 35.5. The van der Waals surface area contributed by atoms with E-state index in [0.29, 0.717) is 35.4 Å². The number of anilines is 1. The van der Waals surface area contributed by atoms with Crippen LogP contribution in [0.3, 0.4) is 0 Å². The molecule has 0 aromatic heterocycles. The minimum atomic E-state index is -1.40. The monoisotopic (exact) mass is 379 g/mol. The van der Waals surface area contributed by atoms with E-state index in [1.807, 2.05) is 18.2 Å². The van der Waals surface area contributed by atoms with Gasteiger partial charge in [-0.2, -0.15) is 0 Å². The summed E-state index contributed by atoms with van der Waals surface area (Å²) in [6.45, 7) is 2.55. The van der Waals surface area contributed by atoms with Crippen molar-refractivity contribution in [3.63, 3.8) is 0 Å². The predicted molar refractivity (Wildman–Crippen MR) is 98.8 cm³/mol. The number of hydrogen-bond acceptors (Lipinski definition) is 4. The zero-order chi connectivity index (χ0) is 17.8. The van der Waals surface area contributed by atoms with Crippen molar-refractivity contribution in [1.82, 2.24) is 0 Å². The summed E-state index contributed by atoms with van der Waals surface area (Å²) in [7, 11) is -1.40. The summed E-state index contributed by atoms with van der Waals surface area (Å²) in [6.07, 6.45) is 0. The summed E-state index contributed by atoms with van der Waals surface area (Å²) in [5.74, 6) is 0.984. The van der Waals surface area contributed by atoms with Gasteiger partial charge in [-0.1, -0.05) is 29.8 Å². The zero-order valence-corrected chi connectivity index (χ0v) is 15.2. The second-order valence-corrected chi connectivity index (χ2v) is 7.79. The van der Waals surface area contributed by atoms with Crippen LogP contribution in [0.25, 0.3) is 0 Å². The fourth-order valence-electron chi connectivity index (χ4n) is 2.42. The molecule has 0 aliphatic carbocycles. The molecule has 0 spiro atoms. The van der Waals surface area contributed by atoms with Gasteiger partial charge in [-0.3, -0.25) is 9.00 Å². The van der Waals surface area contributed by atoms with Crippen LogP contribution in [0.4, 0.5) is 5.69 Å². The maximum atomic E-state index is 12.6. The third-order valence-corrected chi connectivity index (χ3v) is 5.67. The third kappa shape index (κ3) is 4.32. The molecule has 2 atom stereocenters. The van der Waals surface area contributed by atoms with E-state index in [0.717, 1.165) is 5.56 Å². The van der Waals surface area contributed by atoms with E-state index in [4.69, 9.17) is 21.1 Å². The molecule has 7 heteroatoms. The van der Waals surface area contributed by atoms with Crippen molar-refractivity contribution in [3.8, 4) is 11.5 Å². The molecule has 0 saturated carbocycles. The van der Waals surface area contributed by atoms with E-state index in [2.05, 4.69) is 5.32 Å². The molecule has 0 bridgehead atoms. The zero-order valence-electron chi connectivity index (χ0n) is 13.7. The molecule has 0 fully saturated rings. The highest BCUT2D eigenvalue weighted by Crippen LogP contribution is 2.38. The van der Waals surface area contributed by atoms with Crippen molar-refractivity contribution in [2.75, 3.05) is 18.5 Å². The van der Waals surface area contributed by atoms with Crippen molar-refractivity contribution < 1.29 is 18.5 Å². The Morgan fingerprint density at radius 3 is 2.72 bits per heavy atom. The van der Waals surface area contributed by atoms with E-state index in [1.165, 1.54) is 0 Å². The van der Waals surface area contributed by atoms with Gasteiger partial charge in [0.25, 0.3) is 0 Å². The maximum absolute atomic E-state index is 12.6. The molecule has 5 nitrogen and oxygen atoms in total. The van der Waals surface area contributed by atoms with Crippen LogP contribution in [0.5, 0.6) is 11.5 Å². The first-order valence-electron chi connectivity index (χ1n) is 7.85. The summed E-state index contributed by atoms with van der Waals surface area (Å²) in [6, 6.07) is 12.6. The van der Waals surface area contributed by atoms with Gasteiger partial charge in [-0.15, -0.1) is 0 Å². The summed E-state index contributed by atoms with van der Waals surface area (Å²) in [5, 5.41) is 2.53. The van der Waals surface area contributed by atoms with E-state index in [9.17, 15) is 9.00 Å². The van der Waals surface area contributed by atoms with Gasteiger partial charge in [0.05, 0.1) is 5.02 Å². The molecule has 132 valence electrons. The third-order valence-electron chi connectivity index (χ3n) is 3.77. The van der Waals surface area contributed by atoms with E-state index in [-0.39, 0.29) is 11.7 Å². The van der Waals surface area contributed by atoms with Gasteiger partial charge in [0.15, 0.2) is 11.5 Å². The van der Waals surface area contributed by atoms with Crippen molar-refractivity contribution in [2.45, 2.75) is 17.9 Å². The molecule has 1 N–H and O–H groups in total. The first-order valence-corrected chi connectivity index (χ1v) is 9.61. The molecule has 1 aliphatic rings. The van der Waals surface area contributed by atoms with E-state index in [1.54, 1.807) is 31.2 Å². The van der Waals surface area contributed by atoms with Crippen LogP contribution >= 0.6 is 11.6 Å². The molecule has 3 rings (SSSR count). The smallest absolute Gasteiger partial charge is 0.239 e. The lowest BCUT2D eigenvalue weighted by Crippen LogP contribution is -2.29. The Bertz CT molecular complexity index is 797. The molecular formula is C18H18ClNO4S. The van der Waals surface area contributed by atoms with Crippen LogP contribution in [-0.4, -0.2) is 28.6 Å². The van der Waals surface area contributed by atoms with Crippen LogP contribution in [0, 0.1) is 0 Å². The minimum absolute atomic E-state index is 0.208. The van der Waals surface area contributed by atoms with Crippen LogP contribution in [0.1, 0.15) is 12.5 Å². The average molecular weight is 380 g/mol. The van der Waals surface area contributed by atoms with Gasteiger partial charge in [-0.25, -0.2) is 0 Å². The van der Waals surface area contributed by atoms with Crippen LogP contribution in [-0.2, 0) is 21.3 Å². The lowest BCUT2D eigenvalue weighted by Gasteiger charge is -2.20. The number of carbonyl (C=O) groups is 1. The lowest BCUT2D eigenvalue weighted by molar-refractivity contribution is -0.115. The fraction of sp³-hybridized carbons (Fsp3) is 0.278. The summed E-state index contributed by atoms with van der Waals surface area (Å²) >= 11 is 6.20. The normalized spacial score (nSPS) is 15.3. The number of amides is 1. The van der Waals surface area contributed by atoms with Crippen LogP contribution in [0.2, 0.25) is 5.02 Å². The Hall–Kier alpha value is -2.05. The van der Waals surface area contributed by atoms with Gasteiger partial charge in [0, 0.05) is 22.2 Å². The van der Waals surface area contributed by atoms with Crippen molar-refractivity contribution in [1.29, 1.82) is 0 Å². The number of rotatable bonds is 5. The number of para-hydroxylation sites is 1. The minimum Gasteiger partial charge on any atom is -0.486 e. The van der Waals surface area contributed by atoms with Crippen molar-refractivity contribution >= 4 is 34.0 Å². The van der Waals surface area contributed by atoms with Gasteiger partial charge >= 0.3 is 0 Å². The highest BCUT2D eigenvalue weighted by Gasteiger charge is 2.22. The van der Waals surface area contributed by atoms with Gasteiger partial charge in [0.2, 0.25) is 5.91 Å². The number of ether oxygens (including phenoxy) is 2. The van der Waals surface area contributed by atoms with Gasteiger partial charge in [-0.05, 0) is 36.8 Å². The van der Waals surface area contributed by atoms with E-state index < -0.39 is 16.0 Å². The largest absolute Gasteiger partial charge is 0.486 e. The molecule has 1 aliphatic heterocycles. The van der Waals surface area contributed by atoms with Crippen molar-refractivity contribution in [2.24, 2.45) is 0 Å². The molecule has 0 saturated heterocycles. The molecule has 0 unspecified atom stereocenters. The van der Waals surface area contributed by atoms with Crippen LogP contribution in [0.15, 0.2) is 42.5 Å². The van der Waals surface area contributed by atoms with Crippen molar-refractivity contribution in [3.05, 3.63) is 53.1 Å². The maximum Gasteiger partial charge on any atom is 0.239 e. The predicted octanol–water partition coefficient (Wildman–Crippen LogP) is 3.39. The topological polar surface area (TPSA) is 64.6 Å². The Morgan fingerprint density at radius 1 is 1.24 bits per heavy atom. The van der Waals surface area contributed by atoms with Gasteiger partial charge in [0.1, 0.15) is 18.5 Å². The quantitative estimate of drug-likeness (QED) is 0.864. The number of benzene rings is 2. The lowest BCUT2D eigenvalue weighted by atomic mass is 10.2.